The maximum absolute atomic E-state index is 11.4. The van der Waals surface area contributed by atoms with Crippen LogP contribution in [0.15, 0.2) is 36.0 Å². The van der Waals surface area contributed by atoms with Crippen LogP contribution in [0.25, 0.3) is 0 Å². The number of rotatable bonds is 2. The molecule has 0 aromatic heterocycles. The molecule has 0 spiro atoms. The molecule has 1 aliphatic heterocycles. The largest absolute Gasteiger partial charge is 0.415 e. The summed E-state index contributed by atoms with van der Waals surface area (Å²) in [5.41, 5.74) is 6.00. The van der Waals surface area contributed by atoms with Crippen LogP contribution >= 0.6 is 0 Å². The minimum Gasteiger partial charge on any atom is -0.415 e. The van der Waals surface area contributed by atoms with Gasteiger partial charge in [0.2, 0.25) is 0 Å². The van der Waals surface area contributed by atoms with E-state index in [1.165, 1.54) is 22.2 Å². The van der Waals surface area contributed by atoms with Crippen molar-refractivity contribution in [3.05, 3.63) is 52.6 Å². The van der Waals surface area contributed by atoms with Crippen LogP contribution in [0.1, 0.15) is 23.6 Å². The monoisotopic (exact) mass is 253 g/mol. The Hall–Kier alpha value is -1.77. The molecule has 2 nitrogen and oxygen atoms in total. The zero-order valence-corrected chi connectivity index (χ0v) is 12.3. The third-order valence-electron chi connectivity index (χ3n) is 3.68. The first-order chi connectivity index (χ1) is 8.90. The van der Waals surface area contributed by atoms with Crippen molar-refractivity contribution < 1.29 is 4.79 Å². The van der Waals surface area contributed by atoms with Gasteiger partial charge in [-0.2, -0.15) is 0 Å². The highest BCUT2D eigenvalue weighted by Crippen LogP contribution is 2.14. The van der Waals surface area contributed by atoms with Crippen LogP contribution in [0.2, 0.25) is 0 Å². The molecule has 0 saturated carbocycles. The van der Waals surface area contributed by atoms with Gasteiger partial charge in [-0.1, -0.05) is 40.9 Å². The third-order valence-corrected chi connectivity index (χ3v) is 3.68. The van der Waals surface area contributed by atoms with E-state index in [0.717, 1.165) is 5.57 Å². The van der Waals surface area contributed by atoms with Crippen LogP contribution in [0.5, 0.6) is 0 Å². The summed E-state index contributed by atoms with van der Waals surface area (Å²) in [6.07, 6.45) is 3.87. The molecule has 1 aromatic carbocycles. The second-order valence-corrected chi connectivity index (χ2v) is 5.42. The number of hydrogen-bond acceptors (Lipinski definition) is 2. The predicted molar refractivity (Wildman–Crippen MR) is 81.7 cm³/mol. The summed E-state index contributed by atoms with van der Waals surface area (Å²) in [6, 6.07) is 4.43. The van der Waals surface area contributed by atoms with Gasteiger partial charge in [-0.15, -0.1) is 0 Å². The van der Waals surface area contributed by atoms with Gasteiger partial charge in [0.05, 0.1) is 0 Å². The molecular formula is C16H20BNO. The highest BCUT2D eigenvalue weighted by molar-refractivity contribution is 6.76. The van der Waals surface area contributed by atoms with Gasteiger partial charge >= 0.3 is 6.85 Å². The SMILES string of the molecule is CC(=O)C1=CN(C)B(c2c(C)cc(C)cc2C)C=C1. The van der Waals surface area contributed by atoms with Crippen molar-refractivity contribution in [1.82, 2.24) is 4.81 Å². The van der Waals surface area contributed by atoms with Crippen molar-refractivity contribution in [2.75, 3.05) is 7.05 Å². The van der Waals surface area contributed by atoms with E-state index in [1.54, 1.807) is 6.92 Å². The molecule has 0 amide bonds. The molecular weight excluding hydrogens is 233 g/mol. The molecule has 1 aliphatic rings. The molecule has 1 aromatic rings. The predicted octanol–water partition coefficient (Wildman–Crippen LogP) is 2.32. The Morgan fingerprint density at radius 2 is 1.74 bits per heavy atom. The quantitative estimate of drug-likeness (QED) is 0.754. The van der Waals surface area contributed by atoms with Crippen LogP contribution in [0.3, 0.4) is 0 Å². The highest BCUT2D eigenvalue weighted by Gasteiger charge is 2.25. The molecule has 98 valence electrons. The van der Waals surface area contributed by atoms with Crippen molar-refractivity contribution in [2.45, 2.75) is 27.7 Å². The van der Waals surface area contributed by atoms with E-state index >= 15 is 0 Å². The Morgan fingerprint density at radius 3 is 2.21 bits per heavy atom. The first kappa shape index (κ1) is 13.7. The fraction of sp³-hybridized carbons (Fsp3) is 0.312. The van der Waals surface area contributed by atoms with E-state index in [9.17, 15) is 4.79 Å². The van der Waals surface area contributed by atoms with Gasteiger partial charge in [0.1, 0.15) is 0 Å². The molecule has 0 radical (unpaired) electrons. The summed E-state index contributed by atoms with van der Waals surface area (Å²) in [5.74, 6) is 2.22. The summed E-state index contributed by atoms with van der Waals surface area (Å²) < 4.78 is 0. The Bertz CT molecular complexity index is 563. The standard InChI is InChI=1S/C16H20BNO/c1-11-8-12(2)16(13(3)9-11)17-7-6-15(14(4)19)10-18(17)5/h6-10H,1-5H3. The number of carbonyl (C=O) groups excluding carboxylic acids is 1. The van der Waals surface area contributed by atoms with Crippen molar-refractivity contribution >= 4 is 18.1 Å². The third kappa shape index (κ3) is 2.65. The summed E-state index contributed by atoms with van der Waals surface area (Å²) in [4.78, 5) is 13.5. The number of aryl methyl sites for hydroxylation is 3. The lowest BCUT2D eigenvalue weighted by Gasteiger charge is -2.28. The number of Topliss-reactive ketones (excluding diaryl/α,β-unsaturated/α-hetero) is 1. The van der Waals surface area contributed by atoms with E-state index in [1.807, 2.05) is 19.3 Å². The zero-order valence-electron chi connectivity index (χ0n) is 12.3. The van der Waals surface area contributed by atoms with E-state index < -0.39 is 0 Å². The average molecular weight is 253 g/mol. The maximum atomic E-state index is 11.4. The second kappa shape index (κ2) is 5.08. The lowest BCUT2D eigenvalue weighted by Crippen LogP contribution is -2.46. The number of ketones is 1. The van der Waals surface area contributed by atoms with Crippen LogP contribution < -0.4 is 5.46 Å². The molecule has 0 atom stereocenters. The summed E-state index contributed by atoms with van der Waals surface area (Å²) >= 11 is 0. The normalized spacial score (nSPS) is 14.7. The first-order valence-corrected chi connectivity index (χ1v) is 6.61. The summed E-state index contributed by atoms with van der Waals surface area (Å²) in [7, 11) is 2.02. The molecule has 0 saturated heterocycles. The molecule has 1 heterocycles. The molecule has 0 aliphatic carbocycles. The molecule has 2 rings (SSSR count). The van der Waals surface area contributed by atoms with Gasteiger partial charge in [0, 0.05) is 5.57 Å². The summed E-state index contributed by atoms with van der Waals surface area (Å²) in [5, 5.41) is 0. The van der Waals surface area contributed by atoms with Crippen molar-refractivity contribution in [1.29, 1.82) is 0 Å². The Morgan fingerprint density at radius 1 is 1.16 bits per heavy atom. The molecule has 0 unspecified atom stereocenters. The Kier molecular flexibility index (Phi) is 3.65. The smallest absolute Gasteiger partial charge is 0.315 e. The van der Waals surface area contributed by atoms with E-state index in [-0.39, 0.29) is 12.6 Å². The van der Waals surface area contributed by atoms with Gasteiger partial charge in [-0.25, -0.2) is 0 Å². The fourth-order valence-electron chi connectivity index (χ4n) is 2.84. The lowest BCUT2D eigenvalue weighted by molar-refractivity contribution is -0.113. The van der Waals surface area contributed by atoms with Gasteiger partial charge < -0.3 is 4.81 Å². The topological polar surface area (TPSA) is 20.3 Å². The number of allylic oxidation sites excluding steroid dienone is 2. The minimum atomic E-state index is 0.110. The van der Waals surface area contributed by atoms with Gasteiger partial charge in [0.15, 0.2) is 5.78 Å². The Balaban J connectivity index is 2.41. The molecule has 19 heavy (non-hydrogen) atoms. The van der Waals surface area contributed by atoms with E-state index in [2.05, 4.69) is 43.7 Å². The van der Waals surface area contributed by atoms with Crippen LogP contribution in [-0.2, 0) is 4.79 Å². The van der Waals surface area contributed by atoms with Crippen LogP contribution in [0, 0.1) is 20.8 Å². The number of carbonyl (C=O) groups is 1. The minimum absolute atomic E-state index is 0.110. The molecule has 3 heteroatoms. The summed E-state index contributed by atoms with van der Waals surface area (Å²) in [6.45, 7) is 8.25. The highest BCUT2D eigenvalue weighted by atomic mass is 16.1. The van der Waals surface area contributed by atoms with Gasteiger partial charge in [-0.3, -0.25) is 4.79 Å². The zero-order chi connectivity index (χ0) is 14.2. The van der Waals surface area contributed by atoms with Crippen LogP contribution in [-0.4, -0.2) is 24.5 Å². The van der Waals surface area contributed by atoms with Crippen molar-refractivity contribution in [3.8, 4) is 0 Å². The fourth-order valence-corrected chi connectivity index (χ4v) is 2.84. The molecule has 0 N–H and O–H groups in total. The van der Waals surface area contributed by atoms with Gasteiger partial charge in [-0.05, 0) is 46.4 Å². The number of nitrogens with zero attached hydrogens (tertiary/aromatic N) is 1. The Labute approximate surface area is 115 Å². The average Bonchev–Trinajstić information content (AvgIpc) is 2.29. The van der Waals surface area contributed by atoms with Crippen molar-refractivity contribution in [3.63, 3.8) is 0 Å². The molecule has 0 bridgehead atoms. The maximum Gasteiger partial charge on any atom is 0.315 e. The lowest BCUT2D eigenvalue weighted by atomic mass is 9.51. The number of benzene rings is 1. The van der Waals surface area contributed by atoms with E-state index in [4.69, 9.17) is 0 Å². The molecule has 0 fully saturated rings. The first-order valence-electron chi connectivity index (χ1n) is 6.61. The van der Waals surface area contributed by atoms with Gasteiger partial charge in [0.25, 0.3) is 0 Å². The van der Waals surface area contributed by atoms with Crippen molar-refractivity contribution in [2.24, 2.45) is 0 Å². The number of hydrogen-bond donors (Lipinski definition) is 0. The van der Waals surface area contributed by atoms with E-state index in [0.29, 0.717) is 0 Å². The second-order valence-electron chi connectivity index (χ2n) is 5.42. The van der Waals surface area contributed by atoms with Crippen LogP contribution in [0.4, 0.5) is 0 Å².